The van der Waals surface area contributed by atoms with Crippen LogP contribution in [0.3, 0.4) is 0 Å². The largest absolute Gasteiger partial charge is 0.508 e. The minimum absolute atomic E-state index is 0.0677. The number of rotatable bonds is 3. The zero-order valence-electron chi connectivity index (χ0n) is 8.12. The number of phenolic OH excluding ortho intramolecular Hbond substituents is 1. The smallest absolute Gasteiger partial charge is 0.168 e. The summed E-state index contributed by atoms with van der Waals surface area (Å²) in [5.41, 5.74) is 0.478. The molecule has 0 fully saturated rings. The van der Waals surface area contributed by atoms with E-state index in [1.165, 1.54) is 13.2 Å². The number of benzene rings is 1. The van der Waals surface area contributed by atoms with Crippen molar-refractivity contribution < 1.29 is 19.3 Å². The van der Waals surface area contributed by atoms with E-state index in [-0.39, 0.29) is 24.0 Å². The van der Waals surface area contributed by atoms with Crippen LogP contribution in [-0.2, 0) is 0 Å². The Morgan fingerprint density at radius 1 is 1.50 bits per heavy atom. The van der Waals surface area contributed by atoms with Gasteiger partial charge in [0.15, 0.2) is 11.6 Å². The molecule has 1 rings (SSSR count). The van der Waals surface area contributed by atoms with Gasteiger partial charge >= 0.3 is 0 Å². The fourth-order valence-corrected chi connectivity index (χ4v) is 1.21. The van der Waals surface area contributed by atoms with Crippen LogP contribution in [0, 0.1) is 5.82 Å². The number of aliphatic hydroxyl groups excluding tert-OH is 1. The van der Waals surface area contributed by atoms with E-state index < -0.39 is 5.82 Å². The standard InChI is InChI=1S/C10H13FO3/c1-6(5-12)7-3-10(14-2)8(11)4-9(7)13/h3-4,6,12-13H,5H2,1-2H3. The minimum atomic E-state index is -0.612. The maximum atomic E-state index is 13.1. The molecule has 0 spiro atoms. The third-order valence-electron chi connectivity index (χ3n) is 2.11. The van der Waals surface area contributed by atoms with E-state index in [0.29, 0.717) is 5.56 Å². The van der Waals surface area contributed by atoms with Crippen molar-refractivity contribution >= 4 is 0 Å². The Morgan fingerprint density at radius 3 is 2.64 bits per heavy atom. The lowest BCUT2D eigenvalue weighted by Crippen LogP contribution is -2.01. The maximum Gasteiger partial charge on any atom is 0.168 e. The molecule has 14 heavy (non-hydrogen) atoms. The van der Waals surface area contributed by atoms with Gasteiger partial charge in [0, 0.05) is 24.2 Å². The number of phenols is 1. The molecule has 1 aromatic rings. The van der Waals surface area contributed by atoms with Crippen LogP contribution in [0.25, 0.3) is 0 Å². The summed E-state index contributed by atoms with van der Waals surface area (Å²) in [6, 6.07) is 2.38. The molecule has 2 N–H and O–H groups in total. The second-order valence-electron chi connectivity index (χ2n) is 3.13. The number of aliphatic hydroxyl groups is 1. The van der Waals surface area contributed by atoms with Gasteiger partial charge in [-0.2, -0.15) is 0 Å². The lowest BCUT2D eigenvalue weighted by molar-refractivity contribution is 0.269. The van der Waals surface area contributed by atoms with Crippen LogP contribution in [0.5, 0.6) is 11.5 Å². The third kappa shape index (κ3) is 1.96. The first kappa shape index (κ1) is 10.8. The highest BCUT2D eigenvalue weighted by atomic mass is 19.1. The molecule has 0 amide bonds. The van der Waals surface area contributed by atoms with Gasteiger partial charge in [0.1, 0.15) is 5.75 Å². The predicted octanol–water partition coefficient (Wildman–Crippen LogP) is 1.64. The van der Waals surface area contributed by atoms with Crippen molar-refractivity contribution in [3.63, 3.8) is 0 Å². The Morgan fingerprint density at radius 2 is 2.14 bits per heavy atom. The van der Waals surface area contributed by atoms with Crippen molar-refractivity contribution in [2.45, 2.75) is 12.8 Å². The first-order valence-electron chi connectivity index (χ1n) is 4.27. The molecule has 3 nitrogen and oxygen atoms in total. The molecule has 0 heterocycles. The summed E-state index contributed by atoms with van der Waals surface area (Å²) >= 11 is 0. The summed E-state index contributed by atoms with van der Waals surface area (Å²) in [5.74, 6) is -0.952. The Kier molecular flexibility index (Phi) is 3.30. The van der Waals surface area contributed by atoms with E-state index in [4.69, 9.17) is 9.84 Å². The van der Waals surface area contributed by atoms with Crippen molar-refractivity contribution in [3.05, 3.63) is 23.5 Å². The van der Waals surface area contributed by atoms with Gasteiger partial charge in [-0.1, -0.05) is 6.92 Å². The van der Waals surface area contributed by atoms with Gasteiger partial charge < -0.3 is 14.9 Å². The number of ether oxygens (including phenoxy) is 1. The second kappa shape index (κ2) is 4.28. The Balaban J connectivity index is 3.17. The average Bonchev–Trinajstić information content (AvgIpc) is 2.17. The fourth-order valence-electron chi connectivity index (χ4n) is 1.21. The molecule has 0 saturated carbocycles. The average molecular weight is 200 g/mol. The molecular formula is C10H13FO3. The summed E-state index contributed by atoms with van der Waals surface area (Å²) in [6.45, 7) is 1.62. The molecule has 0 aromatic heterocycles. The van der Waals surface area contributed by atoms with E-state index >= 15 is 0 Å². The predicted molar refractivity (Wildman–Crippen MR) is 50.1 cm³/mol. The van der Waals surface area contributed by atoms with Gasteiger partial charge in [-0.3, -0.25) is 0 Å². The third-order valence-corrected chi connectivity index (χ3v) is 2.11. The van der Waals surface area contributed by atoms with Crippen molar-refractivity contribution in [3.8, 4) is 11.5 Å². The van der Waals surface area contributed by atoms with Crippen molar-refractivity contribution in [1.29, 1.82) is 0 Å². The second-order valence-corrected chi connectivity index (χ2v) is 3.13. The van der Waals surface area contributed by atoms with Crippen molar-refractivity contribution in [2.24, 2.45) is 0 Å². The van der Waals surface area contributed by atoms with Crippen molar-refractivity contribution in [2.75, 3.05) is 13.7 Å². The van der Waals surface area contributed by atoms with E-state index in [1.54, 1.807) is 6.92 Å². The number of hydrogen-bond donors (Lipinski definition) is 2. The van der Waals surface area contributed by atoms with Crippen LogP contribution >= 0.6 is 0 Å². The molecule has 0 aliphatic carbocycles. The molecule has 0 bridgehead atoms. The number of hydrogen-bond acceptors (Lipinski definition) is 3. The molecule has 1 atom stereocenters. The zero-order valence-corrected chi connectivity index (χ0v) is 8.12. The highest BCUT2D eigenvalue weighted by Crippen LogP contribution is 2.31. The van der Waals surface area contributed by atoms with Crippen molar-refractivity contribution in [1.82, 2.24) is 0 Å². The van der Waals surface area contributed by atoms with Gasteiger partial charge in [0.05, 0.1) is 7.11 Å². The van der Waals surface area contributed by atoms with Gasteiger partial charge in [-0.25, -0.2) is 4.39 Å². The topological polar surface area (TPSA) is 49.7 Å². The number of halogens is 1. The summed E-state index contributed by atoms with van der Waals surface area (Å²) in [5, 5.41) is 18.3. The monoisotopic (exact) mass is 200 g/mol. The lowest BCUT2D eigenvalue weighted by atomic mass is 10.0. The van der Waals surface area contributed by atoms with Crippen LogP contribution in [0.1, 0.15) is 18.4 Å². The first-order chi connectivity index (χ1) is 6.60. The van der Waals surface area contributed by atoms with Gasteiger partial charge in [-0.05, 0) is 6.07 Å². The molecule has 0 radical (unpaired) electrons. The van der Waals surface area contributed by atoms with Crippen LogP contribution in [0.15, 0.2) is 12.1 Å². The summed E-state index contributed by atoms with van der Waals surface area (Å²) in [6.07, 6.45) is 0. The molecule has 0 saturated heterocycles. The Bertz CT molecular complexity index is 325. The summed E-state index contributed by atoms with van der Waals surface area (Å²) < 4.78 is 17.8. The summed E-state index contributed by atoms with van der Waals surface area (Å²) in [4.78, 5) is 0. The fraction of sp³-hybridized carbons (Fsp3) is 0.400. The highest BCUT2D eigenvalue weighted by molar-refractivity contribution is 5.42. The SMILES string of the molecule is COc1cc(C(C)CO)c(O)cc1F. The van der Waals surface area contributed by atoms with Gasteiger partial charge in [0.2, 0.25) is 0 Å². The van der Waals surface area contributed by atoms with E-state index in [9.17, 15) is 9.50 Å². The number of methoxy groups -OCH3 is 1. The molecule has 1 aromatic carbocycles. The molecular weight excluding hydrogens is 187 g/mol. The van der Waals surface area contributed by atoms with E-state index in [1.807, 2.05) is 0 Å². The first-order valence-corrected chi connectivity index (χ1v) is 4.27. The number of aromatic hydroxyl groups is 1. The Labute approximate surface area is 81.8 Å². The van der Waals surface area contributed by atoms with Crippen LogP contribution < -0.4 is 4.74 Å². The molecule has 0 aliphatic heterocycles. The molecule has 1 unspecified atom stereocenters. The molecule has 4 heteroatoms. The molecule has 0 aliphatic rings. The van der Waals surface area contributed by atoms with Crippen LogP contribution in [0.2, 0.25) is 0 Å². The maximum absolute atomic E-state index is 13.1. The van der Waals surface area contributed by atoms with Gasteiger partial charge in [0.25, 0.3) is 0 Å². The normalized spacial score (nSPS) is 12.6. The highest BCUT2D eigenvalue weighted by Gasteiger charge is 2.14. The van der Waals surface area contributed by atoms with Crippen LogP contribution in [0.4, 0.5) is 4.39 Å². The summed E-state index contributed by atoms with van der Waals surface area (Å²) in [7, 11) is 1.35. The molecule has 78 valence electrons. The van der Waals surface area contributed by atoms with E-state index in [0.717, 1.165) is 6.07 Å². The van der Waals surface area contributed by atoms with Crippen LogP contribution in [-0.4, -0.2) is 23.9 Å². The van der Waals surface area contributed by atoms with E-state index in [2.05, 4.69) is 0 Å². The Hall–Kier alpha value is -1.29. The quantitative estimate of drug-likeness (QED) is 0.779. The van der Waals surface area contributed by atoms with Gasteiger partial charge in [-0.15, -0.1) is 0 Å². The minimum Gasteiger partial charge on any atom is -0.508 e. The lowest BCUT2D eigenvalue weighted by Gasteiger charge is -2.12. The zero-order chi connectivity index (χ0) is 10.7.